The molecule has 0 aliphatic rings. The first-order valence-electron chi connectivity index (χ1n) is 9.03. The molecule has 1 heterocycles. The van der Waals surface area contributed by atoms with Gasteiger partial charge in [0.25, 0.3) is 0 Å². The first kappa shape index (κ1) is 18.4. The van der Waals surface area contributed by atoms with E-state index in [1.165, 1.54) is 7.11 Å². The molecule has 6 nitrogen and oxygen atoms in total. The molecular formula is C23H18N2O4. The molecule has 0 amide bonds. The van der Waals surface area contributed by atoms with Gasteiger partial charge in [-0.25, -0.2) is 9.78 Å². The molecule has 1 aromatic heterocycles. The second-order valence-corrected chi connectivity index (χ2v) is 6.41. The molecule has 0 bridgehead atoms. The number of carbonyl (C=O) groups excluding carboxylic acids is 2. The summed E-state index contributed by atoms with van der Waals surface area (Å²) in [5.74, 6) is 0.422. The van der Waals surface area contributed by atoms with Gasteiger partial charge in [0.1, 0.15) is 11.6 Å². The number of hydrogen-bond donors (Lipinski definition) is 1. The maximum absolute atomic E-state index is 12.4. The molecule has 0 aliphatic carbocycles. The summed E-state index contributed by atoms with van der Waals surface area (Å²) in [5, 5.41) is 0. The monoisotopic (exact) mass is 386 g/mol. The second kappa shape index (κ2) is 7.98. The van der Waals surface area contributed by atoms with Crippen molar-refractivity contribution in [3.8, 4) is 17.1 Å². The van der Waals surface area contributed by atoms with Gasteiger partial charge in [-0.2, -0.15) is 0 Å². The number of methoxy groups -OCH3 is 1. The molecule has 4 rings (SSSR count). The minimum absolute atomic E-state index is 0.300. The molecule has 0 aliphatic heterocycles. The van der Waals surface area contributed by atoms with E-state index in [0.29, 0.717) is 16.9 Å². The highest BCUT2D eigenvalue weighted by Crippen LogP contribution is 2.21. The molecule has 0 unspecified atom stereocenters. The summed E-state index contributed by atoms with van der Waals surface area (Å²) in [6.45, 7) is -0.345. The van der Waals surface area contributed by atoms with Crippen molar-refractivity contribution in [2.75, 3.05) is 13.7 Å². The lowest BCUT2D eigenvalue weighted by Crippen LogP contribution is -2.14. The number of aromatic nitrogens is 2. The van der Waals surface area contributed by atoms with Crippen LogP contribution in [0.1, 0.15) is 20.7 Å². The minimum Gasteiger partial charge on any atom is -0.497 e. The smallest absolute Gasteiger partial charge is 0.338 e. The molecule has 0 radical (unpaired) electrons. The number of imidazole rings is 1. The van der Waals surface area contributed by atoms with Gasteiger partial charge in [0.2, 0.25) is 0 Å². The van der Waals surface area contributed by atoms with E-state index in [1.54, 1.807) is 42.5 Å². The molecule has 1 N–H and O–H groups in total. The molecule has 0 atom stereocenters. The highest BCUT2D eigenvalue weighted by molar-refractivity contribution is 6.00. The van der Waals surface area contributed by atoms with Gasteiger partial charge in [-0.1, -0.05) is 42.5 Å². The zero-order valence-electron chi connectivity index (χ0n) is 15.7. The Bertz CT molecular complexity index is 1180. The highest BCUT2D eigenvalue weighted by Gasteiger charge is 2.14. The number of carbonyl (C=O) groups is 2. The number of H-pyrrole nitrogens is 1. The summed E-state index contributed by atoms with van der Waals surface area (Å²) in [4.78, 5) is 32.4. The lowest BCUT2D eigenvalue weighted by molar-refractivity contribution is 0.0475. The molecule has 4 aromatic rings. The maximum atomic E-state index is 12.4. The average molecular weight is 386 g/mol. The normalized spacial score (nSPS) is 10.7. The Balaban J connectivity index is 1.47. The lowest BCUT2D eigenvalue weighted by atomic mass is 10.1. The molecule has 3 aromatic carbocycles. The number of nitrogens with zero attached hydrogens (tertiary/aromatic N) is 1. The van der Waals surface area contributed by atoms with Crippen LogP contribution in [0.5, 0.6) is 5.75 Å². The average Bonchev–Trinajstić information content (AvgIpc) is 3.21. The van der Waals surface area contributed by atoms with Crippen molar-refractivity contribution >= 4 is 22.8 Å². The van der Waals surface area contributed by atoms with Crippen LogP contribution in [0.15, 0.2) is 72.8 Å². The highest BCUT2D eigenvalue weighted by atomic mass is 16.5. The van der Waals surface area contributed by atoms with Crippen molar-refractivity contribution < 1.29 is 19.1 Å². The second-order valence-electron chi connectivity index (χ2n) is 6.41. The summed E-state index contributed by atoms with van der Waals surface area (Å²) in [6.07, 6.45) is 0. The van der Waals surface area contributed by atoms with E-state index in [9.17, 15) is 9.59 Å². The van der Waals surface area contributed by atoms with Gasteiger partial charge in [0.15, 0.2) is 12.4 Å². The lowest BCUT2D eigenvalue weighted by Gasteiger charge is -2.06. The number of rotatable bonds is 6. The summed E-state index contributed by atoms with van der Waals surface area (Å²) in [7, 11) is 1.53. The standard InChI is InChI=1S/C23H18N2O4/c1-28-18-9-5-8-16(12-18)21(26)14-29-23(27)17-10-11-19-20(13-17)25-22(24-19)15-6-3-2-4-7-15/h2-13H,14H2,1H3,(H,24,25). The van der Waals surface area contributed by atoms with Crippen LogP contribution in [-0.4, -0.2) is 35.4 Å². The number of hydrogen-bond acceptors (Lipinski definition) is 5. The van der Waals surface area contributed by atoms with E-state index in [2.05, 4.69) is 9.97 Å². The van der Waals surface area contributed by atoms with Gasteiger partial charge in [-0.05, 0) is 30.3 Å². The predicted octanol–water partition coefficient (Wildman–Crippen LogP) is 4.28. The molecule has 144 valence electrons. The Labute approximate surface area is 167 Å². The van der Waals surface area contributed by atoms with E-state index < -0.39 is 5.97 Å². The first-order chi connectivity index (χ1) is 14.1. The predicted molar refractivity (Wildman–Crippen MR) is 109 cm³/mol. The van der Waals surface area contributed by atoms with Crippen LogP contribution < -0.4 is 4.74 Å². The van der Waals surface area contributed by atoms with Crippen molar-refractivity contribution in [3.05, 3.63) is 83.9 Å². The molecule has 0 fully saturated rings. The van der Waals surface area contributed by atoms with Crippen LogP contribution in [0.4, 0.5) is 0 Å². The number of aromatic amines is 1. The number of fused-ring (bicyclic) bond motifs is 1. The number of esters is 1. The van der Waals surface area contributed by atoms with E-state index in [-0.39, 0.29) is 12.4 Å². The molecule has 6 heteroatoms. The summed E-state index contributed by atoms with van der Waals surface area (Å²) < 4.78 is 10.3. The molecule has 0 spiro atoms. The van der Waals surface area contributed by atoms with Gasteiger partial charge in [-0.15, -0.1) is 0 Å². The van der Waals surface area contributed by atoms with Crippen LogP contribution in [0.3, 0.4) is 0 Å². The van der Waals surface area contributed by atoms with Crippen molar-refractivity contribution in [2.24, 2.45) is 0 Å². The number of benzene rings is 3. The Morgan fingerprint density at radius 1 is 0.931 bits per heavy atom. The number of Topliss-reactive ketones (excluding diaryl/α,β-unsaturated/α-hetero) is 1. The molecule has 0 saturated carbocycles. The molecular weight excluding hydrogens is 368 g/mol. The van der Waals surface area contributed by atoms with Crippen molar-refractivity contribution in [1.29, 1.82) is 0 Å². The Morgan fingerprint density at radius 2 is 1.76 bits per heavy atom. The van der Waals surface area contributed by atoms with Crippen molar-refractivity contribution in [1.82, 2.24) is 9.97 Å². The van der Waals surface area contributed by atoms with Crippen LogP contribution in [0, 0.1) is 0 Å². The Hall–Kier alpha value is -3.93. The van der Waals surface area contributed by atoms with Crippen molar-refractivity contribution in [2.45, 2.75) is 0 Å². The fourth-order valence-corrected chi connectivity index (χ4v) is 2.96. The van der Waals surface area contributed by atoms with E-state index in [4.69, 9.17) is 9.47 Å². The van der Waals surface area contributed by atoms with Gasteiger partial charge in [0, 0.05) is 11.1 Å². The largest absolute Gasteiger partial charge is 0.497 e. The minimum atomic E-state index is -0.570. The van der Waals surface area contributed by atoms with E-state index >= 15 is 0 Å². The van der Waals surface area contributed by atoms with Gasteiger partial charge in [-0.3, -0.25) is 4.79 Å². The third kappa shape index (κ3) is 4.01. The summed E-state index contributed by atoms with van der Waals surface area (Å²) in [6, 6.07) is 21.5. The SMILES string of the molecule is COc1cccc(C(=O)COC(=O)c2ccc3nc(-c4ccccc4)[nH]c3c2)c1. The maximum Gasteiger partial charge on any atom is 0.338 e. The molecule has 0 saturated heterocycles. The van der Waals surface area contributed by atoms with E-state index in [1.807, 2.05) is 30.3 Å². The number of ether oxygens (including phenoxy) is 2. The van der Waals surface area contributed by atoms with Crippen LogP contribution in [0.25, 0.3) is 22.4 Å². The van der Waals surface area contributed by atoms with Gasteiger partial charge < -0.3 is 14.5 Å². The Morgan fingerprint density at radius 3 is 2.55 bits per heavy atom. The fourth-order valence-electron chi connectivity index (χ4n) is 2.96. The third-order valence-corrected chi connectivity index (χ3v) is 4.49. The van der Waals surface area contributed by atoms with Crippen LogP contribution in [0.2, 0.25) is 0 Å². The number of nitrogens with one attached hydrogen (secondary N) is 1. The van der Waals surface area contributed by atoms with E-state index in [0.717, 1.165) is 22.4 Å². The zero-order chi connectivity index (χ0) is 20.2. The quantitative estimate of drug-likeness (QED) is 0.395. The van der Waals surface area contributed by atoms with Gasteiger partial charge in [0.05, 0.1) is 23.7 Å². The van der Waals surface area contributed by atoms with Crippen LogP contribution >= 0.6 is 0 Å². The van der Waals surface area contributed by atoms with Crippen molar-refractivity contribution in [3.63, 3.8) is 0 Å². The van der Waals surface area contributed by atoms with Gasteiger partial charge >= 0.3 is 5.97 Å². The topological polar surface area (TPSA) is 81.3 Å². The zero-order valence-corrected chi connectivity index (χ0v) is 15.7. The third-order valence-electron chi connectivity index (χ3n) is 4.49. The summed E-state index contributed by atoms with van der Waals surface area (Å²) >= 11 is 0. The Kier molecular flexibility index (Phi) is 5.07. The number of ketones is 1. The molecule has 29 heavy (non-hydrogen) atoms. The fraction of sp³-hybridized carbons (Fsp3) is 0.0870. The summed E-state index contributed by atoms with van der Waals surface area (Å²) in [5.41, 5.74) is 3.19. The first-order valence-corrected chi connectivity index (χ1v) is 9.03. The van der Waals surface area contributed by atoms with Crippen LogP contribution in [-0.2, 0) is 4.74 Å².